The Hall–Kier alpha value is -2.17. The van der Waals surface area contributed by atoms with Crippen LogP contribution in [0.2, 0.25) is 0 Å². The van der Waals surface area contributed by atoms with Crippen molar-refractivity contribution in [2.24, 2.45) is 0 Å². The molecule has 1 aliphatic rings. The van der Waals surface area contributed by atoms with Gasteiger partial charge in [0.2, 0.25) is 5.91 Å². The lowest BCUT2D eigenvalue weighted by Crippen LogP contribution is -2.33. The van der Waals surface area contributed by atoms with E-state index in [4.69, 9.17) is 5.11 Å². The van der Waals surface area contributed by atoms with Crippen LogP contribution in [0.25, 0.3) is 0 Å². The Morgan fingerprint density at radius 3 is 2.50 bits per heavy atom. The van der Waals surface area contributed by atoms with Crippen LogP contribution in [0.15, 0.2) is 18.2 Å². The zero-order valence-electron chi connectivity index (χ0n) is 11.8. The Bertz CT molecular complexity index is 604. The van der Waals surface area contributed by atoms with Gasteiger partial charge in [-0.1, -0.05) is 0 Å². The molecule has 1 amide bonds. The number of carboxylic acids is 1. The van der Waals surface area contributed by atoms with Crippen molar-refractivity contribution in [1.29, 1.82) is 0 Å². The SMILES string of the molecule is CN1C(=O)C(C)(C)c2cc(C(=O)CCC(=O)O)ccc21. The molecule has 1 heterocycles. The predicted octanol–water partition coefficient (Wildman–Crippen LogP) is 1.99. The number of hydrogen-bond acceptors (Lipinski definition) is 3. The summed E-state index contributed by atoms with van der Waals surface area (Å²) in [5.41, 5.74) is 1.41. The molecule has 0 spiro atoms. The molecular weight excluding hydrogens is 258 g/mol. The van der Waals surface area contributed by atoms with Crippen LogP contribution >= 0.6 is 0 Å². The average Bonchev–Trinajstić information content (AvgIpc) is 2.57. The fourth-order valence-electron chi connectivity index (χ4n) is 2.51. The summed E-state index contributed by atoms with van der Waals surface area (Å²) in [6, 6.07) is 5.10. The summed E-state index contributed by atoms with van der Waals surface area (Å²) in [6.45, 7) is 3.65. The first-order valence-electron chi connectivity index (χ1n) is 6.43. The Labute approximate surface area is 117 Å². The molecule has 106 valence electrons. The maximum absolute atomic E-state index is 12.1. The van der Waals surface area contributed by atoms with Crippen molar-refractivity contribution in [2.45, 2.75) is 32.1 Å². The largest absolute Gasteiger partial charge is 0.481 e. The molecule has 0 unspecified atom stereocenters. The summed E-state index contributed by atoms with van der Waals surface area (Å²) < 4.78 is 0. The molecule has 20 heavy (non-hydrogen) atoms. The van der Waals surface area contributed by atoms with Crippen LogP contribution in [0, 0.1) is 0 Å². The molecule has 1 aliphatic heterocycles. The third-order valence-electron chi connectivity index (χ3n) is 3.76. The highest BCUT2D eigenvalue weighted by Gasteiger charge is 2.42. The van der Waals surface area contributed by atoms with Crippen LogP contribution in [-0.2, 0) is 15.0 Å². The molecule has 2 rings (SSSR count). The summed E-state index contributed by atoms with van der Waals surface area (Å²) >= 11 is 0. The van der Waals surface area contributed by atoms with E-state index < -0.39 is 11.4 Å². The van der Waals surface area contributed by atoms with Crippen molar-refractivity contribution in [3.63, 3.8) is 0 Å². The number of Topliss-reactive ketones (excluding diaryl/α,β-unsaturated/α-hetero) is 1. The number of carboxylic acid groups (broad SMARTS) is 1. The van der Waals surface area contributed by atoms with Crippen LogP contribution in [0.1, 0.15) is 42.6 Å². The second-order valence-corrected chi connectivity index (χ2v) is 5.54. The second-order valence-electron chi connectivity index (χ2n) is 5.54. The van der Waals surface area contributed by atoms with E-state index in [1.807, 2.05) is 13.8 Å². The molecule has 0 saturated carbocycles. The molecule has 1 N–H and O–H groups in total. The number of hydrogen-bond donors (Lipinski definition) is 1. The first-order valence-corrected chi connectivity index (χ1v) is 6.43. The molecule has 1 aromatic rings. The molecule has 1 aromatic carbocycles. The summed E-state index contributed by atoms with van der Waals surface area (Å²) in [5, 5.41) is 8.61. The van der Waals surface area contributed by atoms with Gasteiger partial charge < -0.3 is 10.0 Å². The zero-order chi connectivity index (χ0) is 15.1. The minimum Gasteiger partial charge on any atom is -0.481 e. The topological polar surface area (TPSA) is 74.7 Å². The number of fused-ring (bicyclic) bond motifs is 1. The Balaban J connectivity index is 2.34. The molecule has 0 atom stereocenters. The highest BCUT2D eigenvalue weighted by atomic mass is 16.4. The second kappa shape index (κ2) is 4.74. The van der Waals surface area contributed by atoms with Gasteiger partial charge in [-0.05, 0) is 37.6 Å². The van der Waals surface area contributed by atoms with Crippen molar-refractivity contribution < 1.29 is 19.5 Å². The number of anilines is 1. The summed E-state index contributed by atoms with van der Waals surface area (Å²) in [7, 11) is 1.71. The number of aliphatic carboxylic acids is 1. The Kier molecular flexibility index (Phi) is 3.38. The molecular formula is C15H17NO4. The zero-order valence-corrected chi connectivity index (χ0v) is 11.8. The number of nitrogens with zero attached hydrogens (tertiary/aromatic N) is 1. The van der Waals surface area contributed by atoms with Crippen molar-refractivity contribution >= 4 is 23.3 Å². The predicted molar refractivity (Wildman–Crippen MR) is 74.1 cm³/mol. The minimum atomic E-state index is -0.991. The third-order valence-corrected chi connectivity index (χ3v) is 3.76. The van der Waals surface area contributed by atoms with Gasteiger partial charge in [-0.15, -0.1) is 0 Å². The number of benzene rings is 1. The minimum absolute atomic E-state index is 0.0114. The lowest BCUT2D eigenvalue weighted by molar-refractivity contribution is -0.137. The van der Waals surface area contributed by atoms with E-state index in [-0.39, 0.29) is 24.5 Å². The maximum atomic E-state index is 12.1. The van der Waals surface area contributed by atoms with E-state index in [9.17, 15) is 14.4 Å². The standard InChI is InChI=1S/C15H17NO4/c1-15(2)10-8-9(12(17)6-7-13(18)19)4-5-11(10)16(3)14(15)20/h4-5,8H,6-7H2,1-3H3,(H,18,19). The summed E-state index contributed by atoms with van der Waals surface area (Å²) in [6.07, 6.45) is -0.212. The number of ketones is 1. The smallest absolute Gasteiger partial charge is 0.303 e. The fraction of sp³-hybridized carbons (Fsp3) is 0.400. The van der Waals surface area contributed by atoms with Gasteiger partial charge in [0.25, 0.3) is 0 Å². The average molecular weight is 275 g/mol. The van der Waals surface area contributed by atoms with Gasteiger partial charge in [0.1, 0.15) is 0 Å². The van der Waals surface area contributed by atoms with E-state index in [2.05, 4.69) is 0 Å². The fourth-order valence-corrected chi connectivity index (χ4v) is 2.51. The Morgan fingerprint density at radius 1 is 1.25 bits per heavy atom. The van der Waals surface area contributed by atoms with Crippen molar-refractivity contribution in [2.75, 3.05) is 11.9 Å². The van der Waals surface area contributed by atoms with E-state index in [0.717, 1.165) is 11.3 Å². The highest BCUT2D eigenvalue weighted by Crippen LogP contribution is 2.41. The van der Waals surface area contributed by atoms with Crippen LogP contribution < -0.4 is 4.90 Å². The van der Waals surface area contributed by atoms with Crippen molar-refractivity contribution in [1.82, 2.24) is 0 Å². The molecule has 0 aromatic heterocycles. The van der Waals surface area contributed by atoms with Gasteiger partial charge in [-0.25, -0.2) is 0 Å². The van der Waals surface area contributed by atoms with Crippen molar-refractivity contribution in [3.8, 4) is 0 Å². The normalized spacial score (nSPS) is 16.1. The molecule has 0 aliphatic carbocycles. The number of carbonyl (C=O) groups excluding carboxylic acids is 2. The number of rotatable bonds is 4. The Morgan fingerprint density at radius 2 is 1.90 bits per heavy atom. The van der Waals surface area contributed by atoms with Crippen LogP contribution in [0.5, 0.6) is 0 Å². The van der Waals surface area contributed by atoms with E-state index in [0.29, 0.717) is 5.56 Å². The number of likely N-dealkylation sites (N-methyl/N-ethyl adjacent to an activating group) is 1. The number of amides is 1. The first kappa shape index (κ1) is 14.2. The summed E-state index contributed by atoms with van der Waals surface area (Å²) in [4.78, 5) is 36.2. The molecule has 0 bridgehead atoms. The van der Waals surface area contributed by atoms with Crippen LogP contribution in [0.3, 0.4) is 0 Å². The van der Waals surface area contributed by atoms with Crippen LogP contribution in [0.4, 0.5) is 5.69 Å². The first-order chi connectivity index (χ1) is 9.25. The van der Waals surface area contributed by atoms with E-state index in [1.54, 1.807) is 30.1 Å². The summed E-state index contributed by atoms with van der Waals surface area (Å²) in [5.74, 6) is -1.22. The van der Waals surface area contributed by atoms with Gasteiger partial charge in [-0.2, -0.15) is 0 Å². The lowest BCUT2D eigenvalue weighted by Gasteiger charge is -2.16. The lowest BCUT2D eigenvalue weighted by atomic mass is 9.85. The van der Waals surface area contributed by atoms with Gasteiger partial charge >= 0.3 is 5.97 Å². The molecule has 0 saturated heterocycles. The van der Waals surface area contributed by atoms with E-state index in [1.165, 1.54) is 0 Å². The van der Waals surface area contributed by atoms with Gasteiger partial charge in [0.05, 0.1) is 11.8 Å². The van der Waals surface area contributed by atoms with Gasteiger partial charge in [0, 0.05) is 24.7 Å². The van der Waals surface area contributed by atoms with Gasteiger partial charge in [0.15, 0.2) is 5.78 Å². The third kappa shape index (κ3) is 2.19. The molecule has 5 nitrogen and oxygen atoms in total. The highest BCUT2D eigenvalue weighted by molar-refractivity contribution is 6.08. The molecule has 0 radical (unpaired) electrons. The molecule has 0 fully saturated rings. The quantitative estimate of drug-likeness (QED) is 0.853. The number of carbonyl (C=O) groups is 3. The maximum Gasteiger partial charge on any atom is 0.303 e. The van der Waals surface area contributed by atoms with Crippen molar-refractivity contribution in [3.05, 3.63) is 29.3 Å². The van der Waals surface area contributed by atoms with E-state index >= 15 is 0 Å². The van der Waals surface area contributed by atoms with Crippen LogP contribution in [-0.4, -0.2) is 29.8 Å². The monoisotopic (exact) mass is 275 g/mol. The van der Waals surface area contributed by atoms with Gasteiger partial charge in [-0.3, -0.25) is 14.4 Å². The molecule has 5 heteroatoms.